The van der Waals surface area contributed by atoms with Gasteiger partial charge in [0.15, 0.2) is 0 Å². The third-order valence-corrected chi connectivity index (χ3v) is 18.8. The second kappa shape index (κ2) is 21.6. The molecule has 8 aromatic rings. The van der Waals surface area contributed by atoms with E-state index >= 15 is 0 Å². The molecule has 4 saturated heterocycles. The Kier molecular flexibility index (Phi) is 14.6. The summed E-state index contributed by atoms with van der Waals surface area (Å²) < 4.78 is 53.8. The van der Waals surface area contributed by atoms with Crippen molar-refractivity contribution in [2.24, 2.45) is 10.8 Å². The SMILES string of the molecule is Cc1cc2[nH]ncc2c(-c2nccc3c2sc2nc(OCC4(C)CCCN(CCCc5cn([C@H](C(=O)N6C[C@H](O)C[C@H]6C(=O)NCc6ccc(-c7scnc7C)cc6)C(C)(C)C)nn5)C4)nc(N4C[C@H]5CC[C@@H](C4)N5)c23)c1C(F)(F)F. The molecular weight excluding hydrogens is 1080 g/mol. The van der Waals surface area contributed by atoms with Crippen LogP contribution in [0, 0.1) is 24.7 Å². The lowest BCUT2D eigenvalue weighted by Gasteiger charge is -2.40. The number of pyridine rings is 1. The number of amides is 2. The van der Waals surface area contributed by atoms with Crippen molar-refractivity contribution >= 4 is 71.5 Å². The summed E-state index contributed by atoms with van der Waals surface area (Å²) in [6, 6.07) is 10.5. The number of piperidine rings is 1. The van der Waals surface area contributed by atoms with Gasteiger partial charge in [-0.25, -0.2) is 9.67 Å². The summed E-state index contributed by atoms with van der Waals surface area (Å²) in [6.07, 6.45) is 4.97. The van der Waals surface area contributed by atoms with E-state index in [0.717, 1.165) is 109 Å². The number of anilines is 1. The van der Waals surface area contributed by atoms with E-state index < -0.39 is 35.3 Å². The molecule has 6 atom stereocenters. The van der Waals surface area contributed by atoms with E-state index in [9.17, 15) is 27.9 Å². The van der Waals surface area contributed by atoms with Crippen molar-refractivity contribution in [2.75, 3.05) is 50.8 Å². The Hall–Kier alpha value is -6.66. The molecule has 1 unspecified atom stereocenters. The van der Waals surface area contributed by atoms with E-state index in [1.807, 2.05) is 69.7 Å². The number of likely N-dealkylation sites (tertiary alicyclic amines) is 2. The quantitative estimate of drug-likeness (QED) is 0.0756. The van der Waals surface area contributed by atoms with E-state index in [2.05, 4.69) is 57.8 Å². The first-order valence-corrected chi connectivity index (χ1v) is 29.6. The van der Waals surface area contributed by atoms with Crippen molar-refractivity contribution in [3.63, 3.8) is 0 Å². The Balaban J connectivity index is 0.714. The van der Waals surface area contributed by atoms with Gasteiger partial charge in [-0.05, 0) is 99.7 Å². The molecule has 426 valence electrons. The molecule has 0 aliphatic carbocycles. The van der Waals surface area contributed by atoms with Gasteiger partial charge in [-0.3, -0.25) is 19.7 Å². The Morgan fingerprint density at radius 3 is 2.56 bits per heavy atom. The number of aliphatic hydroxyl groups is 1. The van der Waals surface area contributed by atoms with Gasteiger partial charge < -0.3 is 35.2 Å². The number of alkyl halides is 3. The Morgan fingerprint density at radius 1 is 1.02 bits per heavy atom. The zero-order valence-electron chi connectivity index (χ0n) is 46.3. The molecule has 0 saturated carbocycles. The van der Waals surface area contributed by atoms with Crippen molar-refractivity contribution in [1.82, 2.24) is 65.6 Å². The van der Waals surface area contributed by atoms with E-state index in [1.165, 1.54) is 35.4 Å². The van der Waals surface area contributed by atoms with Crippen molar-refractivity contribution in [3.8, 4) is 27.7 Å². The first-order chi connectivity index (χ1) is 38.8. The fourth-order valence-corrected chi connectivity index (χ4v) is 14.8. The summed E-state index contributed by atoms with van der Waals surface area (Å²) in [5.41, 5.74) is 4.76. The number of hydrogen-bond acceptors (Lipinski definition) is 16. The van der Waals surface area contributed by atoms with Gasteiger partial charge in [0.2, 0.25) is 11.8 Å². The molecule has 4 aliphatic rings. The van der Waals surface area contributed by atoms with E-state index in [4.69, 9.17) is 14.7 Å². The first kappa shape index (κ1) is 54.9. The number of ether oxygens (including phenoxy) is 1. The van der Waals surface area contributed by atoms with Crippen LogP contribution in [0.2, 0.25) is 0 Å². The number of halogens is 3. The van der Waals surface area contributed by atoms with Crippen LogP contribution >= 0.6 is 22.7 Å². The minimum Gasteiger partial charge on any atom is -0.463 e. The number of aliphatic hydroxyl groups excluding tert-OH is 1. The van der Waals surface area contributed by atoms with Gasteiger partial charge in [0.1, 0.15) is 22.7 Å². The molecule has 2 bridgehead atoms. The van der Waals surface area contributed by atoms with Crippen LogP contribution in [0.4, 0.5) is 19.0 Å². The molecule has 23 heteroatoms. The number of hydrogen-bond donors (Lipinski definition) is 4. The Bertz CT molecular complexity index is 3640. The topological polar surface area (TPSA) is 208 Å². The predicted octanol–water partition coefficient (Wildman–Crippen LogP) is 9.05. The Labute approximate surface area is 474 Å². The zero-order valence-corrected chi connectivity index (χ0v) is 47.9. The minimum absolute atomic E-state index is 0.00796. The number of nitrogens with zero attached hydrogens (tertiary/aromatic N) is 11. The number of aromatic nitrogens is 9. The lowest BCUT2D eigenvalue weighted by atomic mass is 9.82. The molecule has 2 aromatic carbocycles. The first-order valence-electron chi connectivity index (χ1n) is 27.9. The number of aromatic amines is 1. The highest BCUT2D eigenvalue weighted by atomic mass is 32.1. The third-order valence-electron chi connectivity index (χ3n) is 16.7. The summed E-state index contributed by atoms with van der Waals surface area (Å²) in [4.78, 5) is 55.4. The number of nitrogens with one attached hydrogen (secondary N) is 3. The average Bonchev–Trinajstić information content (AvgIpc) is 4.27. The largest absolute Gasteiger partial charge is 0.463 e. The summed E-state index contributed by atoms with van der Waals surface area (Å²) in [5, 5.41) is 35.4. The standard InChI is InChI=1S/C58H67F3N14O4S2/c1-32-21-42-41(24-65-70-42)44(46(32)58(59,60)61)47-49-40(16-18-62-47)45-51(73-25-36-14-15-37(26-73)66-36)67-55(68-53(45)81-49)79-30-57(6)17-8-20-72(29-57)19-7-9-38-27-75(71-69-38)50(56(3,4)5)54(78)74-28-39(76)22-43(74)52(77)63-23-34-10-12-35(13-11-34)48-33(2)64-31-80-48/h10-13,16,18,21,24,27,31,36-37,39,43,50,66,76H,7-9,14-15,17,19-20,22-23,25-26,28-30H2,1-6H3,(H,63,77)(H,65,70)/t36-,37+,39-,43+,50-,57?/m1/s1. The van der Waals surface area contributed by atoms with Crippen LogP contribution in [0.3, 0.4) is 0 Å². The number of carbonyl (C=O) groups is 2. The van der Waals surface area contributed by atoms with E-state index in [-0.39, 0.29) is 59.6 Å². The molecule has 2 amide bonds. The van der Waals surface area contributed by atoms with Crippen LogP contribution in [0.15, 0.2) is 60.5 Å². The van der Waals surface area contributed by atoms with Gasteiger partial charge in [-0.1, -0.05) is 57.2 Å². The molecule has 10 heterocycles. The molecule has 4 fully saturated rings. The molecule has 6 aromatic heterocycles. The third kappa shape index (κ3) is 11.0. The number of thiophene rings is 1. The molecule has 4 N–H and O–H groups in total. The summed E-state index contributed by atoms with van der Waals surface area (Å²) >= 11 is 2.90. The number of β-amino-alcohol motifs (C(OH)–C–C–N with tert-alkyl or cyclic N) is 1. The molecule has 18 nitrogen and oxygen atoms in total. The summed E-state index contributed by atoms with van der Waals surface area (Å²) in [5.74, 6) is 0.108. The number of thiazole rings is 1. The fraction of sp³-hybridized carbons (Fsp3) is 0.500. The van der Waals surface area contributed by atoms with Crippen molar-refractivity contribution in [2.45, 2.75) is 129 Å². The van der Waals surface area contributed by atoms with Gasteiger partial charge in [0.25, 0.3) is 0 Å². The molecule has 12 rings (SSSR count). The molecule has 81 heavy (non-hydrogen) atoms. The molecule has 0 spiro atoms. The second-order valence-corrected chi connectivity index (χ2v) is 25.9. The smallest absolute Gasteiger partial charge is 0.417 e. The normalized spacial score (nSPS) is 22.1. The van der Waals surface area contributed by atoms with Crippen LogP contribution in [0.1, 0.15) is 100 Å². The maximum absolute atomic E-state index is 15.0. The Morgan fingerprint density at radius 2 is 1.81 bits per heavy atom. The maximum Gasteiger partial charge on any atom is 0.417 e. The zero-order chi connectivity index (χ0) is 56.5. The molecule has 0 radical (unpaired) electrons. The van der Waals surface area contributed by atoms with Crippen LogP contribution in [0.5, 0.6) is 6.01 Å². The summed E-state index contributed by atoms with van der Waals surface area (Å²) in [6.45, 7) is 16.3. The lowest BCUT2D eigenvalue weighted by Crippen LogP contribution is -2.51. The van der Waals surface area contributed by atoms with Crippen molar-refractivity contribution in [1.29, 1.82) is 0 Å². The van der Waals surface area contributed by atoms with Gasteiger partial charge >= 0.3 is 12.2 Å². The van der Waals surface area contributed by atoms with Crippen molar-refractivity contribution < 1.29 is 32.6 Å². The van der Waals surface area contributed by atoms with Crippen LogP contribution < -0.4 is 20.3 Å². The van der Waals surface area contributed by atoms with Gasteiger partial charge in [-0.2, -0.15) is 28.2 Å². The number of H-pyrrole nitrogens is 1. The number of fused-ring (bicyclic) bond motifs is 6. The van der Waals surface area contributed by atoms with Crippen molar-refractivity contribution in [3.05, 3.63) is 88.6 Å². The van der Waals surface area contributed by atoms with Gasteiger partial charge in [-0.15, -0.1) is 27.8 Å². The van der Waals surface area contributed by atoms with Crippen LogP contribution in [0.25, 0.3) is 52.9 Å². The fourth-order valence-electron chi connectivity index (χ4n) is 12.9. The highest BCUT2D eigenvalue weighted by molar-refractivity contribution is 7.26. The number of piperazine rings is 1. The van der Waals surface area contributed by atoms with Gasteiger partial charge in [0.05, 0.1) is 67.5 Å². The van der Waals surface area contributed by atoms with E-state index in [0.29, 0.717) is 45.5 Å². The number of aryl methyl sites for hydroxylation is 3. The maximum atomic E-state index is 15.0. The highest BCUT2D eigenvalue weighted by Gasteiger charge is 2.46. The lowest BCUT2D eigenvalue weighted by molar-refractivity contribution is -0.144. The highest BCUT2D eigenvalue weighted by Crippen LogP contribution is 2.49. The van der Waals surface area contributed by atoms with Crippen LogP contribution in [-0.4, -0.2) is 142 Å². The van der Waals surface area contributed by atoms with Gasteiger partial charge in [0, 0.05) is 85.4 Å². The number of carbonyl (C=O) groups excluding carboxylic acids is 2. The average molecular weight is 1150 g/mol. The molecular formula is C58H67F3N14O4S2. The molecule has 4 aliphatic heterocycles. The van der Waals surface area contributed by atoms with Crippen LogP contribution in [-0.2, 0) is 28.7 Å². The number of rotatable bonds is 15. The summed E-state index contributed by atoms with van der Waals surface area (Å²) in [7, 11) is 0. The monoisotopic (exact) mass is 1140 g/mol. The minimum atomic E-state index is -4.64. The predicted molar refractivity (Wildman–Crippen MR) is 306 cm³/mol. The second-order valence-electron chi connectivity index (χ2n) is 24.1. The van der Waals surface area contributed by atoms with E-state index in [1.54, 1.807) is 22.2 Å². The number of benzene rings is 2.